The van der Waals surface area contributed by atoms with Crippen molar-refractivity contribution in [2.24, 2.45) is 0 Å². The number of phenolic OH excluding ortho intramolecular Hbond substituents is 1. The smallest absolute Gasteiger partial charge is 0.123 e. The largest absolute Gasteiger partial charge is 0.507 e. The van der Waals surface area contributed by atoms with Crippen LogP contribution in [0.4, 0.5) is 0 Å². The van der Waals surface area contributed by atoms with Crippen LogP contribution in [0.1, 0.15) is 18.1 Å². The fraction of sp³-hybridized carbons (Fsp3) is 0.105. The van der Waals surface area contributed by atoms with E-state index in [4.69, 9.17) is 5.11 Å². The zero-order valence-electron chi connectivity index (χ0n) is 12.5. The summed E-state index contributed by atoms with van der Waals surface area (Å²) in [6, 6.07) is 15.5. The van der Waals surface area contributed by atoms with Gasteiger partial charge in [-0.1, -0.05) is 42.5 Å². The number of aromatic hydroxyl groups is 1. The lowest BCUT2D eigenvalue weighted by molar-refractivity contribution is 0.318. The number of phenols is 1. The summed E-state index contributed by atoms with van der Waals surface area (Å²) in [7, 11) is 0. The van der Waals surface area contributed by atoms with Crippen molar-refractivity contribution in [3.05, 3.63) is 72.1 Å². The third kappa shape index (κ3) is 3.93. The van der Waals surface area contributed by atoms with Crippen LogP contribution in [0.25, 0.3) is 22.9 Å². The van der Waals surface area contributed by atoms with Gasteiger partial charge in [0.1, 0.15) is 5.75 Å². The van der Waals surface area contributed by atoms with Gasteiger partial charge in [0.25, 0.3) is 0 Å². The lowest BCUT2D eigenvalue weighted by Crippen LogP contribution is -1.80. The molecule has 22 heavy (non-hydrogen) atoms. The van der Waals surface area contributed by atoms with Crippen LogP contribution < -0.4 is 0 Å². The highest BCUT2D eigenvalue weighted by Gasteiger charge is 2.03. The van der Waals surface area contributed by atoms with Gasteiger partial charge < -0.3 is 10.2 Å². The quantitative estimate of drug-likeness (QED) is 0.747. The van der Waals surface area contributed by atoms with Crippen molar-refractivity contribution in [3.8, 4) is 5.75 Å². The molecule has 0 aliphatic carbocycles. The maximum absolute atomic E-state index is 10.0. The zero-order valence-corrected chi connectivity index (χ0v) is 12.5. The maximum Gasteiger partial charge on any atom is 0.123 e. The molecule has 0 fully saturated rings. The predicted octanol–water partition coefficient (Wildman–Crippen LogP) is 4.11. The average molecular weight is 293 g/mol. The molecule has 0 amide bonds. The number of pyridine rings is 1. The molecule has 2 aromatic carbocycles. The van der Waals surface area contributed by atoms with Crippen molar-refractivity contribution in [2.75, 3.05) is 6.61 Å². The van der Waals surface area contributed by atoms with Crippen LogP contribution in [0.5, 0.6) is 5.75 Å². The van der Waals surface area contributed by atoms with Gasteiger partial charge in [-0.25, -0.2) is 0 Å². The monoisotopic (exact) mass is 293 g/mol. The molecular weight excluding hydrogens is 274 g/mol. The highest BCUT2D eigenvalue weighted by molar-refractivity contribution is 5.95. The van der Waals surface area contributed by atoms with Crippen molar-refractivity contribution >= 4 is 22.9 Å². The molecule has 0 radical (unpaired) electrons. The Balaban J connectivity index is 0.000000545. The van der Waals surface area contributed by atoms with E-state index in [0.717, 1.165) is 21.9 Å². The second kappa shape index (κ2) is 7.96. The number of hydrogen-bond acceptors (Lipinski definition) is 3. The molecule has 0 saturated heterocycles. The van der Waals surface area contributed by atoms with Gasteiger partial charge in [0.15, 0.2) is 0 Å². The van der Waals surface area contributed by atoms with Gasteiger partial charge in [-0.3, -0.25) is 4.98 Å². The molecule has 0 unspecified atom stereocenters. The van der Waals surface area contributed by atoms with Gasteiger partial charge in [0.2, 0.25) is 0 Å². The molecule has 1 heterocycles. The summed E-state index contributed by atoms with van der Waals surface area (Å²) in [6.07, 6.45) is 7.42. The van der Waals surface area contributed by atoms with Crippen molar-refractivity contribution in [2.45, 2.75) is 6.92 Å². The summed E-state index contributed by atoms with van der Waals surface area (Å²) >= 11 is 0. The Morgan fingerprint density at radius 1 is 0.955 bits per heavy atom. The molecule has 0 aliphatic rings. The van der Waals surface area contributed by atoms with E-state index in [-0.39, 0.29) is 6.61 Å². The van der Waals surface area contributed by atoms with Gasteiger partial charge in [-0.05, 0) is 41.5 Å². The molecule has 3 aromatic rings. The molecule has 3 rings (SSSR count). The number of aliphatic hydroxyl groups is 1. The third-order valence-corrected chi connectivity index (χ3v) is 3.10. The number of benzene rings is 2. The van der Waals surface area contributed by atoms with Gasteiger partial charge in [0.05, 0.1) is 0 Å². The summed E-state index contributed by atoms with van der Waals surface area (Å²) in [5.41, 5.74) is 1.90. The Bertz CT molecular complexity index is 752. The first-order valence-corrected chi connectivity index (χ1v) is 7.16. The van der Waals surface area contributed by atoms with Gasteiger partial charge in [-0.2, -0.15) is 0 Å². The predicted molar refractivity (Wildman–Crippen MR) is 91.5 cm³/mol. The Hall–Kier alpha value is -2.65. The van der Waals surface area contributed by atoms with E-state index in [1.807, 2.05) is 54.6 Å². The Labute approximate surface area is 130 Å². The van der Waals surface area contributed by atoms with Crippen molar-refractivity contribution in [1.82, 2.24) is 4.98 Å². The topological polar surface area (TPSA) is 53.4 Å². The lowest BCUT2D eigenvalue weighted by Gasteiger charge is -2.05. The van der Waals surface area contributed by atoms with Crippen LogP contribution >= 0.6 is 0 Å². The number of aromatic nitrogens is 1. The van der Waals surface area contributed by atoms with Crippen LogP contribution in [0.3, 0.4) is 0 Å². The lowest BCUT2D eigenvalue weighted by atomic mass is 10.0. The van der Waals surface area contributed by atoms with E-state index < -0.39 is 0 Å². The van der Waals surface area contributed by atoms with E-state index in [1.165, 1.54) is 0 Å². The molecule has 0 bridgehead atoms. The molecule has 0 saturated carbocycles. The molecule has 3 heteroatoms. The van der Waals surface area contributed by atoms with Crippen molar-refractivity contribution in [3.63, 3.8) is 0 Å². The average Bonchev–Trinajstić information content (AvgIpc) is 2.56. The second-order valence-corrected chi connectivity index (χ2v) is 4.65. The van der Waals surface area contributed by atoms with E-state index in [9.17, 15) is 5.11 Å². The highest BCUT2D eigenvalue weighted by Crippen LogP contribution is 2.28. The minimum atomic E-state index is 0.250. The minimum Gasteiger partial charge on any atom is -0.507 e. The first kappa shape index (κ1) is 15.7. The van der Waals surface area contributed by atoms with Crippen molar-refractivity contribution < 1.29 is 10.2 Å². The zero-order chi connectivity index (χ0) is 15.8. The Morgan fingerprint density at radius 3 is 2.36 bits per heavy atom. The van der Waals surface area contributed by atoms with Crippen LogP contribution in [0, 0.1) is 0 Å². The molecule has 3 nitrogen and oxygen atoms in total. The highest BCUT2D eigenvalue weighted by atomic mass is 16.3. The first-order valence-electron chi connectivity index (χ1n) is 7.16. The summed E-state index contributed by atoms with van der Waals surface area (Å²) in [5.74, 6) is 0.295. The first-order chi connectivity index (χ1) is 10.8. The van der Waals surface area contributed by atoms with Gasteiger partial charge >= 0.3 is 0 Å². The van der Waals surface area contributed by atoms with E-state index in [2.05, 4.69) is 4.98 Å². The SMILES string of the molecule is CCO.Oc1ccc2ccccc2c1/C=C/c1ccncc1. The maximum atomic E-state index is 10.0. The number of fused-ring (bicyclic) bond motifs is 1. The van der Waals surface area contributed by atoms with Crippen LogP contribution in [0.2, 0.25) is 0 Å². The fourth-order valence-corrected chi connectivity index (χ4v) is 2.11. The normalized spacial score (nSPS) is 10.5. The van der Waals surface area contributed by atoms with Gasteiger partial charge in [-0.15, -0.1) is 0 Å². The van der Waals surface area contributed by atoms with Crippen LogP contribution in [-0.2, 0) is 0 Å². The number of rotatable bonds is 2. The number of hydrogen-bond donors (Lipinski definition) is 2. The summed E-state index contributed by atoms with van der Waals surface area (Å²) in [4.78, 5) is 3.98. The molecule has 112 valence electrons. The summed E-state index contributed by atoms with van der Waals surface area (Å²) in [5, 5.41) is 19.8. The standard InChI is InChI=1S/C17H13NO.C2H6O/c19-17-8-6-14-3-1-2-4-15(14)16(17)7-5-13-9-11-18-12-10-13;1-2-3/h1-12,19H;3H,2H2,1H3/b7-5+;. The Morgan fingerprint density at radius 2 is 1.64 bits per heavy atom. The van der Waals surface area contributed by atoms with E-state index in [1.54, 1.807) is 25.4 Å². The Kier molecular flexibility index (Phi) is 5.69. The van der Waals surface area contributed by atoms with Crippen LogP contribution in [-0.4, -0.2) is 21.8 Å². The molecule has 1 aromatic heterocycles. The number of nitrogens with zero attached hydrogens (tertiary/aromatic N) is 1. The molecular formula is C19H19NO2. The van der Waals surface area contributed by atoms with E-state index >= 15 is 0 Å². The minimum absolute atomic E-state index is 0.250. The van der Waals surface area contributed by atoms with Crippen molar-refractivity contribution in [1.29, 1.82) is 0 Å². The van der Waals surface area contributed by atoms with Gasteiger partial charge in [0, 0.05) is 24.6 Å². The fourth-order valence-electron chi connectivity index (χ4n) is 2.11. The molecule has 0 spiro atoms. The third-order valence-electron chi connectivity index (χ3n) is 3.10. The molecule has 0 atom stereocenters. The number of aliphatic hydroxyl groups excluding tert-OH is 1. The van der Waals surface area contributed by atoms with E-state index in [0.29, 0.717) is 5.75 Å². The van der Waals surface area contributed by atoms with Crippen LogP contribution in [0.15, 0.2) is 60.9 Å². The molecule has 2 N–H and O–H groups in total. The summed E-state index contributed by atoms with van der Waals surface area (Å²) in [6.45, 7) is 1.93. The summed E-state index contributed by atoms with van der Waals surface area (Å²) < 4.78 is 0. The molecule has 0 aliphatic heterocycles. The second-order valence-electron chi connectivity index (χ2n) is 4.65.